The second-order valence-electron chi connectivity index (χ2n) is 13.6. The van der Waals surface area contributed by atoms with E-state index in [0.717, 1.165) is 74.6 Å². The Bertz CT molecular complexity index is 1510. The summed E-state index contributed by atoms with van der Waals surface area (Å²) in [6.45, 7) is 12.8. The van der Waals surface area contributed by atoms with Gasteiger partial charge >= 0.3 is 0 Å². The van der Waals surface area contributed by atoms with Crippen molar-refractivity contribution in [1.82, 2.24) is 24.6 Å². The molecule has 3 aliphatic rings. The van der Waals surface area contributed by atoms with E-state index in [2.05, 4.69) is 70.9 Å². The molecule has 0 spiro atoms. The standard InChI is InChI=1S/C34H43N7O/c1-5-41-22-36-39-32(41)34(18-24(19-34)12-14-35)26-9-6-10-27(17-26)37-31(42)29-16-25(21-40-15-7-8-23(2)20-40)28-11-13-33(3,4)30(28)38-29/h6,9-10,16-17,22-24H,5,7-8,11-13,15,18-21H2,1-4H3,(H,37,42)/t23-,24?,34?/m0/s1. The van der Waals surface area contributed by atoms with Gasteiger partial charge < -0.3 is 9.88 Å². The maximum absolute atomic E-state index is 13.8. The summed E-state index contributed by atoms with van der Waals surface area (Å²) in [5.41, 5.74) is 5.67. The number of fused-ring (bicyclic) bond motifs is 1. The fraction of sp³-hybridized carbons (Fsp3) is 0.559. The van der Waals surface area contributed by atoms with Crippen LogP contribution >= 0.6 is 0 Å². The fourth-order valence-electron chi connectivity index (χ4n) is 7.64. The Morgan fingerprint density at radius 3 is 2.83 bits per heavy atom. The molecular formula is C34H43N7O. The molecule has 3 aromatic rings. The molecule has 42 heavy (non-hydrogen) atoms. The van der Waals surface area contributed by atoms with Crippen LogP contribution in [0, 0.1) is 23.2 Å². The highest BCUT2D eigenvalue weighted by atomic mass is 16.1. The summed E-state index contributed by atoms with van der Waals surface area (Å²) in [7, 11) is 0. The molecule has 1 saturated heterocycles. The molecular weight excluding hydrogens is 522 g/mol. The van der Waals surface area contributed by atoms with Crippen LogP contribution in [0.3, 0.4) is 0 Å². The van der Waals surface area contributed by atoms with E-state index in [-0.39, 0.29) is 16.7 Å². The van der Waals surface area contributed by atoms with Gasteiger partial charge in [0.25, 0.3) is 5.91 Å². The molecule has 0 unspecified atom stereocenters. The molecule has 8 nitrogen and oxygen atoms in total. The number of likely N-dealkylation sites (tertiary alicyclic amines) is 1. The lowest BCUT2D eigenvalue weighted by Crippen LogP contribution is -2.44. The number of pyridine rings is 1. The van der Waals surface area contributed by atoms with Crippen LogP contribution in [0.25, 0.3) is 0 Å². The number of hydrogen-bond donors (Lipinski definition) is 1. The molecule has 1 N–H and O–H groups in total. The van der Waals surface area contributed by atoms with Crippen LogP contribution in [0.2, 0.25) is 0 Å². The minimum Gasteiger partial charge on any atom is -0.321 e. The second kappa shape index (κ2) is 11.3. The van der Waals surface area contributed by atoms with Crippen LogP contribution in [-0.4, -0.2) is 43.6 Å². The molecule has 1 amide bonds. The van der Waals surface area contributed by atoms with Crippen LogP contribution in [0.1, 0.15) is 105 Å². The molecule has 1 aliphatic heterocycles. The first-order valence-corrected chi connectivity index (χ1v) is 15.6. The third kappa shape index (κ3) is 5.24. The maximum Gasteiger partial charge on any atom is 0.274 e. The first kappa shape index (κ1) is 28.5. The van der Waals surface area contributed by atoms with Crippen molar-refractivity contribution in [3.63, 3.8) is 0 Å². The molecule has 0 bridgehead atoms. The highest BCUT2D eigenvalue weighted by molar-refractivity contribution is 6.03. The summed E-state index contributed by atoms with van der Waals surface area (Å²) in [5, 5.41) is 21.2. The zero-order chi connectivity index (χ0) is 29.5. The molecule has 8 heteroatoms. The molecule has 2 fully saturated rings. The van der Waals surface area contributed by atoms with E-state index >= 15 is 0 Å². The van der Waals surface area contributed by atoms with Gasteiger partial charge in [-0.15, -0.1) is 10.2 Å². The molecule has 1 saturated carbocycles. The minimum absolute atomic E-state index is 0.0404. The van der Waals surface area contributed by atoms with Crippen LogP contribution < -0.4 is 5.32 Å². The van der Waals surface area contributed by atoms with Gasteiger partial charge in [0.2, 0.25) is 0 Å². The minimum atomic E-state index is -0.316. The molecule has 2 aliphatic carbocycles. The topological polar surface area (TPSA) is 99.7 Å². The zero-order valence-electron chi connectivity index (χ0n) is 25.5. The Morgan fingerprint density at radius 2 is 2.07 bits per heavy atom. The predicted octanol–water partition coefficient (Wildman–Crippen LogP) is 6.01. The average molecular weight is 566 g/mol. The maximum atomic E-state index is 13.8. The number of amides is 1. The Labute approximate surface area is 249 Å². The molecule has 3 heterocycles. The van der Waals surface area contributed by atoms with E-state index < -0.39 is 0 Å². The van der Waals surface area contributed by atoms with Crippen LogP contribution in [0.4, 0.5) is 5.69 Å². The number of benzene rings is 1. The number of aryl methyl sites for hydroxylation is 1. The number of anilines is 1. The summed E-state index contributed by atoms with van der Waals surface area (Å²) in [6, 6.07) is 12.5. The largest absolute Gasteiger partial charge is 0.321 e. The third-order valence-electron chi connectivity index (χ3n) is 9.94. The first-order valence-electron chi connectivity index (χ1n) is 15.6. The van der Waals surface area contributed by atoms with Gasteiger partial charge in [0, 0.05) is 37.2 Å². The van der Waals surface area contributed by atoms with Crippen molar-refractivity contribution in [2.45, 2.75) is 96.6 Å². The second-order valence-corrected chi connectivity index (χ2v) is 13.6. The third-order valence-corrected chi connectivity index (χ3v) is 9.94. The van der Waals surface area contributed by atoms with E-state index in [1.54, 1.807) is 6.33 Å². The van der Waals surface area contributed by atoms with Crippen molar-refractivity contribution in [1.29, 1.82) is 5.26 Å². The summed E-state index contributed by atoms with van der Waals surface area (Å²) >= 11 is 0. The molecule has 6 rings (SSSR count). The molecule has 220 valence electrons. The van der Waals surface area contributed by atoms with Gasteiger partial charge in [-0.25, -0.2) is 4.98 Å². The van der Waals surface area contributed by atoms with Gasteiger partial charge in [0.15, 0.2) is 0 Å². The molecule has 1 atom stereocenters. The molecule has 1 aromatic carbocycles. The number of hydrogen-bond acceptors (Lipinski definition) is 6. The predicted molar refractivity (Wildman–Crippen MR) is 163 cm³/mol. The number of piperidine rings is 1. The lowest BCUT2D eigenvalue weighted by Gasteiger charge is -2.47. The van der Waals surface area contributed by atoms with E-state index in [4.69, 9.17) is 4.98 Å². The van der Waals surface area contributed by atoms with Gasteiger partial charge in [0.05, 0.1) is 17.2 Å². The normalized spacial score (nSPS) is 24.9. The lowest BCUT2D eigenvalue weighted by molar-refractivity contribution is 0.102. The van der Waals surface area contributed by atoms with Crippen molar-refractivity contribution in [2.24, 2.45) is 11.8 Å². The van der Waals surface area contributed by atoms with E-state index in [9.17, 15) is 10.1 Å². The number of nitrogens with zero attached hydrogens (tertiary/aromatic N) is 6. The summed E-state index contributed by atoms with van der Waals surface area (Å²) in [6.07, 6.45) is 8.62. The number of rotatable bonds is 8. The van der Waals surface area contributed by atoms with Gasteiger partial charge in [0.1, 0.15) is 17.8 Å². The quantitative estimate of drug-likeness (QED) is 0.359. The Hall–Kier alpha value is -3.57. The molecule has 2 aromatic heterocycles. The van der Waals surface area contributed by atoms with Crippen molar-refractivity contribution < 1.29 is 4.79 Å². The Morgan fingerprint density at radius 1 is 1.24 bits per heavy atom. The Balaban J connectivity index is 1.29. The molecule has 0 radical (unpaired) electrons. The van der Waals surface area contributed by atoms with Gasteiger partial charge in [-0.2, -0.15) is 5.26 Å². The van der Waals surface area contributed by atoms with E-state index in [0.29, 0.717) is 24.0 Å². The summed E-state index contributed by atoms with van der Waals surface area (Å²) < 4.78 is 2.09. The zero-order valence-corrected chi connectivity index (χ0v) is 25.5. The number of carbonyl (C=O) groups is 1. The Kier molecular flexibility index (Phi) is 7.65. The van der Waals surface area contributed by atoms with Crippen molar-refractivity contribution in [3.05, 3.63) is 70.6 Å². The van der Waals surface area contributed by atoms with Crippen LogP contribution in [0.15, 0.2) is 36.7 Å². The summed E-state index contributed by atoms with van der Waals surface area (Å²) in [5.74, 6) is 1.80. The number of aromatic nitrogens is 4. The lowest BCUT2D eigenvalue weighted by atomic mass is 9.57. The highest BCUT2D eigenvalue weighted by Gasteiger charge is 2.50. The van der Waals surface area contributed by atoms with E-state index in [1.807, 2.05) is 18.2 Å². The summed E-state index contributed by atoms with van der Waals surface area (Å²) in [4.78, 5) is 21.3. The van der Waals surface area contributed by atoms with Gasteiger partial charge in [-0.05, 0) is 98.7 Å². The number of nitrogens with one attached hydrogen (secondary N) is 1. The average Bonchev–Trinajstić information content (AvgIpc) is 3.55. The van der Waals surface area contributed by atoms with E-state index in [1.165, 1.54) is 24.0 Å². The van der Waals surface area contributed by atoms with Crippen LogP contribution in [0.5, 0.6) is 0 Å². The van der Waals surface area contributed by atoms with Crippen molar-refractivity contribution in [3.8, 4) is 6.07 Å². The van der Waals surface area contributed by atoms with Crippen molar-refractivity contribution >= 4 is 11.6 Å². The SMILES string of the molecule is CCn1cnnc1C1(c2cccc(NC(=O)c3cc(CN4CCC[C@H](C)C4)c4c(n3)C(C)(C)CC4)c2)CC(CC#N)C1. The van der Waals surface area contributed by atoms with Crippen molar-refractivity contribution in [2.75, 3.05) is 18.4 Å². The number of carbonyl (C=O) groups excluding carboxylic acids is 1. The first-order chi connectivity index (χ1) is 20.2. The fourth-order valence-corrected chi connectivity index (χ4v) is 7.64. The smallest absolute Gasteiger partial charge is 0.274 e. The number of nitriles is 1. The van der Waals surface area contributed by atoms with Crippen LogP contribution in [-0.2, 0) is 30.3 Å². The van der Waals surface area contributed by atoms with Gasteiger partial charge in [-0.1, -0.05) is 32.9 Å². The monoisotopic (exact) mass is 565 g/mol. The van der Waals surface area contributed by atoms with Gasteiger partial charge in [-0.3, -0.25) is 9.69 Å². The highest BCUT2D eigenvalue weighted by Crippen LogP contribution is 2.53.